The van der Waals surface area contributed by atoms with E-state index >= 15 is 0 Å². The van der Waals surface area contributed by atoms with E-state index in [1.807, 2.05) is 41.6 Å². The Kier molecular flexibility index (Phi) is 7.22. The lowest BCUT2D eigenvalue weighted by Crippen LogP contribution is -2.44. The Hall–Kier alpha value is -2.70. The van der Waals surface area contributed by atoms with Crippen LogP contribution in [0.3, 0.4) is 0 Å². The van der Waals surface area contributed by atoms with E-state index in [4.69, 9.17) is 4.74 Å². The third kappa shape index (κ3) is 5.03. The first-order valence-corrected chi connectivity index (χ1v) is 11.9. The van der Waals surface area contributed by atoms with Gasteiger partial charge in [-0.2, -0.15) is 0 Å². The molecule has 1 heterocycles. The molecule has 32 heavy (non-hydrogen) atoms. The maximum Gasteiger partial charge on any atom is 0.264 e. The zero-order valence-corrected chi connectivity index (χ0v) is 19.3. The van der Waals surface area contributed by atoms with Crippen molar-refractivity contribution in [1.29, 1.82) is 0 Å². The average molecular weight is 453 g/mol. The van der Waals surface area contributed by atoms with Gasteiger partial charge in [-0.3, -0.25) is 4.79 Å². The number of hydrogen-bond donors (Lipinski definition) is 1. The van der Waals surface area contributed by atoms with E-state index in [1.54, 1.807) is 19.2 Å². The van der Waals surface area contributed by atoms with Gasteiger partial charge in [0.25, 0.3) is 5.91 Å². The van der Waals surface area contributed by atoms with Crippen LogP contribution < -0.4 is 10.1 Å². The van der Waals surface area contributed by atoms with Crippen LogP contribution >= 0.6 is 11.3 Å². The maximum atomic E-state index is 13.5. The molecule has 0 unspecified atom stereocenters. The third-order valence-electron chi connectivity index (χ3n) is 6.34. The number of rotatable bonds is 7. The highest BCUT2D eigenvalue weighted by Crippen LogP contribution is 2.32. The molecule has 3 aromatic rings. The van der Waals surface area contributed by atoms with Crippen LogP contribution in [0.1, 0.15) is 40.9 Å². The van der Waals surface area contributed by atoms with Crippen LogP contribution in [-0.4, -0.2) is 37.0 Å². The van der Waals surface area contributed by atoms with Gasteiger partial charge >= 0.3 is 0 Å². The fourth-order valence-electron chi connectivity index (χ4n) is 4.49. The first-order valence-electron chi connectivity index (χ1n) is 11.0. The van der Waals surface area contributed by atoms with Gasteiger partial charge in [0.05, 0.1) is 12.0 Å². The molecule has 1 aliphatic carbocycles. The van der Waals surface area contributed by atoms with E-state index in [0.29, 0.717) is 12.6 Å². The van der Waals surface area contributed by atoms with E-state index < -0.39 is 0 Å². The van der Waals surface area contributed by atoms with E-state index in [2.05, 4.69) is 11.4 Å². The first-order chi connectivity index (χ1) is 15.6. The molecule has 1 saturated carbocycles. The third-order valence-corrected chi connectivity index (χ3v) is 7.20. The van der Waals surface area contributed by atoms with E-state index in [1.165, 1.54) is 23.5 Å². The standard InChI is InChI=1S/C26H29FN2O2S/c1-28-22-10-12-23(13-11-22)29(26(30)25-4-3-15-32-25)17-20-16-19(7-14-24(20)31-2)18-5-8-21(27)9-6-18/h3-9,14-16,22-23,28H,10-13,17H2,1-2H3. The second-order valence-corrected chi connectivity index (χ2v) is 9.19. The molecule has 4 nitrogen and oxygen atoms in total. The van der Waals surface area contributed by atoms with Crippen LogP contribution in [-0.2, 0) is 6.54 Å². The summed E-state index contributed by atoms with van der Waals surface area (Å²) >= 11 is 1.48. The van der Waals surface area contributed by atoms with Gasteiger partial charge in [0.1, 0.15) is 11.6 Å². The monoisotopic (exact) mass is 452 g/mol. The Bertz CT molecular complexity index is 1030. The lowest BCUT2D eigenvalue weighted by Gasteiger charge is -2.37. The van der Waals surface area contributed by atoms with Crippen molar-refractivity contribution >= 4 is 17.2 Å². The topological polar surface area (TPSA) is 41.6 Å². The minimum absolute atomic E-state index is 0.0714. The summed E-state index contributed by atoms with van der Waals surface area (Å²) in [6.45, 7) is 0.476. The summed E-state index contributed by atoms with van der Waals surface area (Å²) < 4.78 is 19.0. The highest BCUT2D eigenvalue weighted by Gasteiger charge is 2.30. The summed E-state index contributed by atoms with van der Waals surface area (Å²) in [7, 11) is 3.66. The fourth-order valence-corrected chi connectivity index (χ4v) is 5.17. The van der Waals surface area contributed by atoms with Gasteiger partial charge in [-0.05, 0) is 79.6 Å². The SMILES string of the molecule is CNC1CCC(N(Cc2cc(-c3ccc(F)cc3)ccc2OC)C(=O)c2cccs2)CC1. The molecule has 6 heteroatoms. The molecule has 0 saturated heterocycles. The number of halogens is 1. The van der Waals surface area contributed by atoms with Gasteiger partial charge in [0.15, 0.2) is 0 Å². The fraction of sp³-hybridized carbons (Fsp3) is 0.346. The predicted molar refractivity (Wildman–Crippen MR) is 128 cm³/mol. The molecule has 0 bridgehead atoms. The summed E-state index contributed by atoms with van der Waals surface area (Å²) in [6.07, 6.45) is 4.06. The van der Waals surface area contributed by atoms with Crippen molar-refractivity contribution in [3.05, 3.63) is 76.2 Å². The van der Waals surface area contributed by atoms with Gasteiger partial charge in [0, 0.05) is 24.2 Å². The zero-order valence-electron chi connectivity index (χ0n) is 18.5. The number of methoxy groups -OCH3 is 1. The normalized spacial score (nSPS) is 18.3. The quantitative estimate of drug-likeness (QED) is 0.497. The zero-order chi connectivity index (χ0) is 22.5. The van der Waals surface area contributed by atoms with Gasteiger partial charge in [-0.1, -0.05) is 24.3 Å². The molecule has 0 atom stereocenters. The number of nitrogens with zero attached hydrogens (tertiary/aromatic N) is 1. The number of hydrogen-bond acceptors (Lipinski definition) is 4. The van der Waals surface area contributed by atoms with Crippen molar-refractivity contribution in [2.24, 2.45) is 0 Å². The Balaban J connectivity index is 1.65. The highest BCUT2D eigenvalue weighted by atomic mass is 32.1. The van der Waals surface area contributed by atoms with Crippen molar-refractivity contribution in [2.75, 3.05) is 14.2 Å². The van der Waals surface area contributed by atoms with Crippen molar-refractivity contribution in [1.82, 2.24) is 10.2 Å². The Morgan fingerprint density at radius 1 is 1.09 bits per heavy atom. The number of amides is 1. The minimum Gasteiger partial charge on any atom is -0.496 e. The van der Waals surface area contributed by atoms with Gasteiger partial charge in [0.2, 0.25) is 0 Å². The van der Waals surface area contributed by atoms with E-state index in [0.717, 1.165) is 53.0 Å². The first kappa shape index (κ1) is 22.5. The largest absolute Gasteiger partial charge is 0.496 e. The smallest absolute Gasteiger partial charge is 0.264 e. The molecular weight excluding hydrogens is 423 g/mol. The van der Waals surface area contributed by atoms with Crippen molar-refractivity contribution in [3.8, 4) is 16.9 Å². The Labute approximate surface area is 193 Å². The lowest BCUT2D eigenvalue weighted by molar-refractivity contribution is 0.0604. The van der Waals surface area contributed by atoms with Crippen LogP contribution in [0.15, 0.2) is 60.0 Å². The summed E-state index contributed by atoms with van der Waals surface area (Å²) in [6, 6.07) is 16.9. The molecule has 168 valence electrons. The van der Waals surface area contributed by atoms with Gasteiger partial charge in [-0.15, -0.1) is 11.3 Å². The maximum absolute atomic E-state index is 13.5. The molecule has 2 aromatic carbocycles. The Morgan fingerprint density at radius 2 is 1.81 bits per heavy atom. The second kappa shape index (κ2) is 10.3. The predicted octanol–water partition coefficient (Wildman–Crippen LogP) is 5.74. The summed E-state index contributed by atoms with van der Waals surface area (Å²) in [5.41, 5.74) is 2.86. The van der Waals surface area contributed by atoms with Crippen LogP contribution in [0.25, 0.3) is 11.1 Å². The van der Waals surface area contributed by atoms with Crippen LogP contribution in [0.4, 0.5) is 4.39 Å². The number of carbonyl (C=O) groups is 1. The molecule has 1 amide bonds. The van der Waals surface area contributed by atoms with Crippen LogP contribution in [0.2, 0.25) is 0 Å². The number of thiophene rings is 1. The molecule has 1 aliphatic rings. The molecule has 0 radical (unpaired) electrons. The van der Waals surface area contributed by atoms with Crippen LogP contribution in [0, 0.1) is 5.82 Å². The summed E-state index contributed by atoms with van der Waals surface area (Å²) in [4.78, 5) is 16.3. The summed E-state index contributed by atoms with van der Waals surface area (Å²) in [5.74, 6) is 0.568. The second-order valence-electron chi connectivity index (χ2n) is 8.24. The summed E-state index contributed by atoms with van der Waals surface area (Å²) in [5, 5.41) is 5.31. The number of carbonyl (C=O) groups excluding carboxylic acids is 1. The van der Waals surface area contributed by atoms with E-state index in [9.17, 15) is 9.18 Å². The minimum atomic E-state index is -0.257. The molecule has 0 aliphatic heterocycles. The number of ether oxygens (including phenoxy) is 1. The highest BCUT2D eigenvalue weighted by molar-refractivity contribution is 7.12. The van der Waals surface area contributed by atoms with Crippen LogP contribution in [0.5, 0.6) is 5.75 Å². The Morgan fingerprint density at radius 3 is 2.44 bits per heavy atom. The number of benzene rings is 2. The molecule has 0 spiro atoms. The molecular formula is C26H29FN2O2S. The van der Waals surface area contributed by atoms with Crippen molar-refractivity contribution in [2.45, 2.75) is 44.3 Å². The van der Waals surface area contributed by atoms with E-state index in [-0.39, 0.29) is 17.8 Å². The van der Waals surface area contributed by atoms with Gasteiger partial charge < -0.3 is 15.0 Å². The van der Waals surface area contributed by atoms with Crippen molar-refractivity contribution < 1.29 is 13.9 Å². The number of nitrogens with one attached hydrogen (secondary N) is 1. The molecule has 4 rings (SSSR count). The lowest BCUT2D eigenvalue weighted by atomic mass is 9.89. The average Bonchev–Trinajstić information content (AvgIpc) is 3.38. The molecule has 1 fully saturated rings. The van der Waals surface area contributed by atoms with Gasteiger partial charge in [-0.25, -0.2) is 4.39 Å². The molecule has 1 N–H and O–H groups in total. The van der Waals surface area contributed by atoms with Crippen molar-refractivity contribution in [3.63, 3.8) is 0 Å². The molecule has 1 aromatic heterocycles.